The van der Waals surface area contributed by atoms with Crippen LogP contribution in [0.1, 0.15) is 45.4 Å². The van der Waals surface area contributed by atoms with Crippen molar-refractivity contribution in [1.82, 2.24) is 16.0 Å². The van der Waals surface area contributed by atoms with Gasteiger partial charge in [0.1, 0.15) is 0 Å². The molecule has 0 aliphatic carbocycles. The molecule has 0 aliphatic heterocycles. The second-order valence-electron chi connectivity index (χ2n) is 4.98. The van der Waals surface area contributed by atoms with Crippen LogP contribution in [0.4, 0.5) is 0 Å². The molecule has 0 fully saturated rings. The van der Waals surface area contributed by atoms with Gasteiger partial charge in [-0.1, -0.05) is 13.3 Å². The second-order valence-corrected chi connectivity index (χ2v) is 4.98. The molecule has 0 radical (unpaired) electrons. The Morgan fingerprint density at radius 1 is 0.739 bits per heavy atom. The standard InChI is InChI=1S/C15H27N3O5/c1-3-4-9-16-13(20)7-11-18-14(21)8-10-17-12(19)5-6-15(22)23-2/h3-11H2,1-2H3,(H,16,20)(H,17,19)(H,18,21). The van der Waals surface area contributed by atoms with Crippen molar-refractivity contribution in [3.05, 3.63) is 0 Å². The molecule has 0 rings (SSSR count). The summed E-state index contributed by atoms with van der Waals surface area (Å²) < 4.78 is 4.42. The van der Waals surface area contributed by atoms with Crippen molar-refractivity contribution in [2.24, 2.45) is 0 Å². The molecule has 0 saturated heterocycles. The lowest BCUT2D eigenvalue weighted by Crippen LogP contribution is -2.33. The number of hydrogen-bond acceptors (Lipinski definition) is 5. The van der Waals surface area contributed by atoms with Crippen LogP contribution in [-0.4, -0.2) is 50.4 Å². The zero-order chi connectivity index (χ0) is 17.5. The summed E-state index contributed by atoms with van der Waals surface area (Å²) in [5.74, 6) is -1.08. The molecular weight excluding hydrogens is 302 g/mol. The largest absolute Gasteiger partial charge is 0.469 e. The maximum atomic E-state index is 11.5. The Hall–Kier alpha value is -2.12. The Labute approximate surface area is 136 Å². The highest BCUT2D eigenvalue weighted by molar-refractivity contribution is 5.82. The minimum atomic E-state index is -0.449. The van der Waals surface area contributed by atoms with Crippen molar-refractivity contribution < 1.29 is 23.9 Å². The van der Waals surface area contributed by atoms with Crippen LogP contribution in [0.25, 0.3) is 0 Å². The molecule has 0 aromatic rings. The van der Waals surface area contributed by atoms with Crippen molar-refractivity contribution in [3.8, 4) is 0 Å². The highest BCUT2D eigenvalue weighted by Crippen LogP contribution is 1.91. The van der Waals surface area contributed by atoms with Gasteiger partial charge in [0, 0.05) is 38.9 Å². The summed E-state index contributed by atoms with van der Waals surface area (Å²) in [7, 11) is 1.26. The van der Waals surface area contributed by atoms with Gasteiger partial charge in [-0.05, 0) is 6.42 Å². The van der Waals surface area contributed by atoms with Crippen LogP contribution in [0.15, 0.2) is 0 Å². The number of esters is 1. The average molecular weight is 329 g/mol. The Balaban J connectivity index is 3.58. The number of nitrogens with one attached hydrogen (secondary N) is 3. The molecule has 8 heteroatoms. The fraction of sp³-hybridized carbons (Fsp3) is 0.733. The summed E-state index contributed by atoms with van der Waals surface area (Å²) in [5, 5.41) is 7.91. The van der Waals surface area contributed by atoms with Crippen LogP contribution in [-0.2, 0) is 23.9 Å². The maximum Gasteiger partial charge on any atom is 0.306 e. The van der Waals surface area contributed by atoms with Crippen LogP contribution in [0.2, 0.25) is 0 Å². The van der Waals surface area contributed by atoms with E-state index in [9.17, 15) is 19.2 Å². The molecule has 0 aliphatic rings. The molecule has 0 unspecified atom stereocenters. The lowest BCUT2D eigenvalue weighted by atomic mass is 10.3. The number of amides is 3. The van der Waals surface area contributed by atoms with E-state index >= 15 is 0 Å². The first-order chi connectivity index (χ1) is 11.0. The third kappa shape index (κ3) is 13.3. The smallest absolute Gasteiger partial charge is 0.306 e. The number of rotatable bonds is 12. The van der Waals surface area contributed by atoms with E-state index in [1.807, 2.05) is 6.92 Å². The average Bonchev–Trinajstić information content (AvgIpc) is 2.52. The van der Waals surface area contributed by atoms with Gasteiger partial charge in [0.15, 0.2) is 0 Å². The summed E-state index contributed by atoms with van der Waals surface area (Å²) >= 11 is 0. The van der Waals surface area contributed by atoms with E-state index in [4.69, 9.17) is 0 Å². The fourth-order valence-electron chi connectivity index (χ4n) is 1.62. The third-order valence-electron chi connectivity index (χ3n) is 2.98. The molecule has 8 nitrogen and oxygen atoms in total. The molecular formula is C15H27N3O5. The van der Waals surface area contributed by atoms with E-state index in [0.717, 1.165) is 12.8 Å². The summed E-state index contributed by atoms with van der Waals surface area (Å²) in [6, 6.07) is 0. The molecule has 0 aromatic heterocycles. The molecule has 0 atom stereocenters. The number of hydrogen-bond donors (Lipinski definition) is 3. The van der Waals surface area contributed by atoms with Crippen LogP contribution < -0.4 is 16.0 Å². The summed E-state index contributed by atoms with van der Waals surface area (Å²) in [6.45, 7) is 3.16. The van der Waals surface area contributed by atoms with E-state index in [1.165, 1.54) is 7.11 Å². The number of methoxy groups -OCH3 is 1. The van der Waals surface area contributed by atoms with Crippen molar-refractivity contribution >= 4 is 23.7 Å². The number of unbranched alkanes of at least 4 members (excludes halogenated alkanes) is 1. The minimum absolute atomic E-state index is 0.0155. The van der Waals surface area contributed by atoms with Gasteiger partial charge in [-0.15, -0.1) is 0 Å². The van der Waals surface area contributed by atoms with E-state index in [0.29, 0.717) is 6.54 Å². The summed E-state index contributed by atoms with van der Waals surface area (Å²) in [6.07, 6.45) is 2.37. The molecule has 132 valence electrons. The van der Waals surface area contributed by atoms with Gasteiger partial charge in [0.2, 0.25) is 17.7 Å². The van der Waals surface area contributed by atoms with Gasteiger partial charge in [-0.25, -0.2) is 0 Å². The van der Waals surface area contributed by atoms with Gasteiger partial charge in [0.05, 0.1) is 13.5 Å². The van der Waals surface area contributed by atoms with Crippen molar-refractivity contribution in [1.29, 1.82) is 0 Å². The van der Waals surface area contributed by atoms with Crippen LogP contribution in [0, 0.1) is 0 Å². The van der Waals surface area contributed by atoms with Gasteiger partial charge >= 0.3 is 5.97 Å². The molecule has 0 bridgehead atoms. The predicted octanol–water partition coefficient (Wildman–Crippen LogP) is -0.131. The van der Waals surface area contributed by atoms with Crippen molar-refractivity contribution in [2.75, 3.05) is 26.7 Å². The molecule has 3 amide bonds. The first-order valence-electron chi connectivity index (χ1n) is 7.86. The molecule has 0 saturated carbocycles. The zero-order valence-corrected chi connectivity index (χ0v) is 13.9. The quantitative estimate of drug-likeness (QED) is 0.341. The fourth-order valence-corrected chi connectivity index (χ4v) is 1.62. The SMILES string of the molecule is CCCCNC(=O)CCNC(=O)CCNC(=O)CCC(=O)OC. The number of carbonyl (C=O) groups is 4. The van der Waals surface area contributed by atoms with Gasteiger partial charge in [-0.2, -0.15) is 0 Å². The first-order valence-corrected chi connectivity index (χ1v) is 7.86. The van der Waals surface area contributed by atoms with E-state index in [1.54, 1.807) is 0 Å². The van der Waals surface area contributed by atoms with E-state index < -0.39 is 5.97 Å². The van der Waals surface area contributed by atoms with Crippen molar-refractivity contribution in [3.63, 3.8) is 0 Å². The lowest BCUT2D eigenvalue weighted by molar-refractivity contribution is -0.142. The van der Waals surface area contributed by atoms with Crippen molar-refractivity contribution in [2.45, 2.75) is 45.4 Å². The normalized spacial score (nSPS) is 9.83. The molecule has 0 heterocycles. The minimum Gasteiger partial charge on any atom is -0.469 e. The van der Waals surface area contributed by atoms with Gasteiger partial charge in [0.25, 0.3) is 0 Å². The van der Waals surface area contributed by atoms with Crippen LogP contribution >= 0.6 is 0 Å². The topological polar surface area (TPSA) is 114 Å². The monoisotopic (exact) mass is 329 g/mol. The lowest BCUT2D eigenvalue weighted by Gasteiger charge is -2.07. The number of carbonyl (C=O) groups excluding carboxylic acids is 4. The maximum absolute atomic E-state index is 11.5. The second kappa shape index (κ2) is 13.5. The molecule has 3 N–H and O–H groups in total. The molecule has 0 spiro atoms. The van der Waals surface area contributed by atoms with Gasteiger partial charge < -0.3 is 20.7 Å². The first kappa shape index (κ1) is 20.9. The van der Waals surface area contributed by atoms with Crippen LogP contribution in [0.5, 0.6) is 0 Å². The molecule has 0 aromatic carbocycles. The highest BCUT2D eigenvalue weighted by Gasteiger charge is 2.08. The highest BCUT2D eigenvalue weighted by atomic mass is 16.5. The Morgan fingerprint density at radius 2 is 1.22 bits per heavy atom. The number of ether oxygens (including phenoxy) is 1. The Bertz CT molecular complexity index is 399. The van der Waals surface area contributed by atoms with Gasteiger partial charge in [-0.3, -0.25) is 19.2 Å². The summed E-state index contributed by atoms with van der Waals surface area (Å²) in [4.78, 5) is 45.1. The Kier molecular flexibility index (Phi) is 12.3. The Morgan fingerprint density at radius 3 is 1.70 bits per heavy atom. The van der Waals surface area contributed by atoms with E-state index in [-0.39, 0.29) is 56.5 Å². The zero-order valence-electron chi connectivity index (χ0n) is 13.9. The van der Waals surface area contributed by atoms with Crippen LogP contribution in [0.3, 0.4) is 0 Å². The third-order valence-corrected chi connectivity index (χ3v) is 2.98. The summed E-state index contributed by atoms with van der Waals surface area (Å²) in [5.41, 5.74) is 0. The van der Waals surface area contributed by atoms with E-state index in [2.05, 4.69) is 20.7 Å². The predicted molar refractivity (Wildman–Crippen MR) is 84.4 cm³/mol. The molecule has 23 heavy (non-hydrogen) atoms.